The summed E-state index contributed by atoms with van der Waals surface area (Å²) in [6.45, 7) is 3.32. The molecule has 1 atom stereocenters. The van der Waals surface area contributed by atoms with Crippen LogP contribution in [-0.4, -0.2) is 30.4 Å². The summed E-state index contributed by atoms with van der Waals surface area (Å²) < 4.78 is 37.8. The Bertz CT molecular complexity index is 800. The second kappa shape index (κ2) is 7.11. The molecule has 1 amide bonds. The molecule has 0 aliphatic carbocycles. The number of halogens is 3. The van der Waals surface area contributed by atoms with Crippen LogP contribution in [0, 0.1) is 6.92 Å². The van der Waals surface area contributed by atoms with E-state index in [1.165, 1.54) is 28.8 Å². The van der Waals surface area contributed by atoms with Gasteiger partial charge in [-0.25, -0.2) is 0 Å². The van der Waals surface area contributed by atoms with Gasteiger partial charge in [-0.3, -0.25) is 9.69 Å². The molecule has 0 spiro atoms. The van der Waals surface area contributed by atoms with E-state index in [2.05, 4.69) is 35.3 Å². The number of hydrogen-bond donors (Lipinski definition) is 1. The van der Waals surface area contributed by atoms with Crippen molar-refractivity contribution in [3.63, 3.8) is 0 Å². The number of fused-ring (bicyclic) bond motifs is 1. The third kappa shape index (κ3) is 4.07. The molecule has 26 heavy (non-hydrogen) atoms. The minimum absolute atomic E-state index is 0.155. The fourth-order valence-corrected chi connectivity index (χ4v) is 3.26. The van der Waals surface area contributed by atoms with Crippen molar-refractivity contribution in [2.24, 2.45) is 0 Å². The highest BCUT2D eigenvalue weighted by atomic mass is 19.4. The van der Waals surface area contributed by atoms with Gasteiger partial charge in [0.25, 0.3) is 5.91 Å². The zero-order valence-electron chi connectivity index (χ0n) is 14.7. The molecule has 0 saturated carbocycles. The van der Waals surface area contributed by atoms with Gasteiger partial charge in [0, 0.05) is 24.7 Å². The number of nitrogens with one attached hydrogen (secondary N) is 1. The van der Waals surface area contributed by atoms with E-state index in [4.69, 9.17) is 0 Å². The van der Waals surface area contributed by atoms with Crippen molar-refractivity contribution in [3.05, 3.63) is 70.3 Å². The molecule has 138 valence electrons. The van der Waals surface area contributed by atoms with Crippen molar-refractivity contribution >= 4 is 5.91 Å². The van der Waals surface area contributed by atoms with Gasteiger partial charge in [-0.05, 0) is 55.8 Å². The van der Waals surface area contributed by atoms with E-state index in [-0.39, 0.29) is 17.5 Å². The number of hydrogen-bond acceptors (Lipinski definition) is 2. The number of nitrogens with zero attached hydrogens (tertiary/aromatic N) is 1. The van der Waals surface area contributed by atoms with Crippen molar-refractivity contribution in [1.29, 1.82) is 0 Å². The molecule has 0 radical (unpaired) electrons. The molecular formula is C20H21F3N2O. The number of likely N-dealkylation sites (N-methyl/N-ethyl adjacent to an activating group) is 1. The lowest BCUT2D eigenvalue weighted by Gasteiger charge is -2.34. The summed E-state index contributed by atoms with van der Waals surface area (Å²) in [5.74, 6) is -0.359. The van der Waals surface area contributed by atoms with Gasteiger partial charge in [-0.1, -0.05) is 23.8 Å². The Hall–Kier alpha value is -2.34. The Morgan fingerprint density at radius 1 is 1.15 bits per heavy atom. The van der Waals surface area contributed by atoms with Gasteiger partial charge in [-0.2, -0.15) is 13.2 Å². The van der Waals surface area contributed by atoms with E-state index >= 15 is 0 Å². The lowest BCUT2D eigenvalue weighted by atomic mass is 9.93. The van der Waals surface area contributed by atoms with E-state index in [1.807, 2.05) is 7.05 Å². The number of amides is 1. The summed E-state index contributed by atoms with van der Waals surface area (Å²) in [5, 5.41) is 2.84. The zero-order valence-corrected chi connectivity index (χ0v) is 14.7. The standard InChI is InChI=1S/C20H21F3N2O/c1-13-3-4-15-12-25(2)18(10-16(15)9-13)11-24-19(26)14-5-7-17(8-6-14)20(21,22)23/h3-9,18H,10-12H2,1-2H3,(H,24,26)/t18-/m1/s1. The molecule has 0 aromatic heterocycles. The van der Waals surface area contributed by atoms with Crippen LogP contribution in [0.25, 0.3) is 0 Å². The van der Waals surface area contributed by atoms with E-state index in [0.29, 0.717) is 6.54 Å². The summed E-state index contributed by atoms with van der Waals surface area (Å²) in [7, 11) is 2.01. The quantitative estimate of drug-likeness (QED) is 0.901. The summed E-state index contributed by atoms with van der Waals surface area (Å²) in [4.78, 5) is 14.4. The van der Waals surface area contributed by atoms with Crippen LogP contribution < -0.4 is 5.32 Å². The summed E-state index contributed by atoms with van der Waals surface area (Å²) in [6.07, 6.45) is -3.56. The molecule has 0 fully saturated rings. The average molecular weight is 362 g/mol. The molecule has 1 N–H and O–H groups in total. The van der Waals surface area contributed by atoms with Crippen LogP contribution in [0.2, 0.25) is 0 Å². The van der Waals surface area contributed by atoms with Crippen molar-refractivity contribution in [3.8, 4) is 0 Å². The number of carbonyl (C=O) groups is 1. The van der Waals surface area contributed by atoms with E-state index < -0.39 is 11.7 Å². The molecule has 0 unspecified atom stereocenters. The van der Waals surface area contributed by atoms with Gasteiger partial charge in [0.15, 0.2) is 0 Å². The predicted octanol–water partition coefficient (Wildman–Crippen LogP) is 3.80. The third-order valence-corrected chi connectivity index (χ3v) is 4.83. The van der Waals surface area contributed by atoms with Crippen LogP contribution in [0.5, 0.6) is 0 Å². The predicted molar refractivity (Wildman–Crippen MR) is 93.9 cm³/mol. The highest BCUT2D eigenvalue weighted by Gasteiger charge is 2.30. The van der Waals surface area contributed by atoms with Gasteiger partial charge >= 0.3 is 6.18 Å². The maximum atomic E-state index is 12.6. The van der Waals surface area contributed by atoms with Crippen molar-refractivity contribution < 1.29 is 18.0 Å². The van der Waals surface area contributed by atoms with E-state index in [1.54, 1.807) is 0 Å². The van der Waals surface area contributed by atoms with Gasteiger partial charge in [0.2, 0.25) is 0 Å². The summed E-state index contributed by atoms with van der Waals surface area (Å²) >= 11 is 0. The second-order valence-corrected chi connectivity index (χ2v) is 6.83. The first kappa shape index (κ1) is 18.5. The van der Waals surface area contributed by atoms with Crippen LogP contribution in [0.1, 0.15) is 32.6 Å². The smallest absolute Gasteiger partial charge is 0.350 e. The lowest BCUT2D eigenvalue weighted by molar-refractivity contribution is -0.137. The van der Waals surface area contributed by atoms with Crippen LogP contribution in [0.3, 0.4) is 0 Å². The van der Waals surface area contributed by atoms with Crippen molar-refractivity contribution in [1.82, 2.24) is 10.2 Å². The molecule has 0 bridgehead atoms. The molecule has 6 heteroatoms. The highest BCUT2D eigenvalue weighted by Crippen LogP contribution is 2.29. The zero-order chi connectivity index (χ0) is 18.9. The maximum Gasteiger partial charge on any atom is 0.416 e. The molecule has 2 aromatic carbocycles. The maximum absolute atomic E-state index is 12.6. The largest absolute Gasteiger partial charge is 0.416 e. The summed E-state index contributed by atoms with van der Waals surface area (Å²) in [5.41, 5.74) is 3.27. The first-order valence-electron chi connectivity index (χ1n) is 8.48. The number of alkyl halides is 3. The van der Waals surface area contributed by atoms with Gasteiger partial charge in [0.1, 0.15) is 0 Å². The van der Waals surface area contributed by atoms with E-state index in [0.717, 1.165) is 25.1 Å². The Morgan fingerprint density at radius 3 is 2.50 bits per heavy atom. The van der Waals surface area contributed by atoms with Crippen LogP contribution in [0.4, 0.5) is 13.2 Å². The molecule has 1 heterocycles. The topological polar surface area (TPSA) is 32.3 Å². The molecule has 3 rings (SSSR count). The first-order chi connectivity index (χ1) is 12.2. The van der Waals surface area contributed by atoms with Crippen LogP contribution in [-0.2, 0) is 19.1 Å². The fourth-order valence-electron chi connectivity index (χ4n) is 3.26. The number of carbonyl (C=O) groups excluding carboxylic acids is 1. The Morgan fingerprint density at radius 2 is 1.85 bits per heavy atom. The normalized spacial score (nSPS) is 17.7. The Balaban J connectivity index is 1.62. The molecule has 1 aliphatic rings. The molecule has 2 aromatic rings. The number of rotatable bonds is 3. The fraction of sp³-hybridized carbons (Fsp3) is 0.350. The van der Waals surface area contributed by atoms with Gasteiger partial charge in [0.05, 0.1) is 5.56 Å². The monoisotopic (exact) mass is 362 g/mol. The minimum atomic E-state index is -4.40. The van der Waals surface area contributed by atoms with E-state index in [9.17, 15) is 18.0 Å². The Labute approximate surface area is 150 Å². The van der Waals surface area contributed by atoms with Gasteiger partial charge < -0.3 is 5.32 Å². The van der Waals surface area contributed by atoms with Gasteiger partial charge in [-0.15, -0.1) is 0 Å². The number of aryl methyl sites for hydroxylation is 1. The second-order valence-electron chi connectivity index (χ2n) is 6.83. The molecule has 1 aliphatic heterocycles. The molecule has 0 saturated heterocycles. The average Bonchev–Trinajstić information content (AvgIpc) is 2.59. The minimum Gasteiger partial charge on any atom is -0.350 e. The Kier molecular flexibility index (Phi) is 5.05. The van der Waals surface area contributed by atoms with Crippen LogP contribution >= 0.6 is 0 Å². The molecule has 3 nitrogen and oxygen atoms in total. The molecular weight excluding hydrogens is 341 g/mol. The summed E-state index contributed by atoms with van der Waals surface area (Å²) in [6, 6.07) is 10.8. The highest BCUT2D eigenvalue weighted by molar-refractivity contribution is 5.94. The van der Waals surface area contributed by atoms with Crippen molar-refractivity contribution in [2.75, 3.05) is 13.6 Å². The first-order valence-corrected chi connectivity index (χ1v) is 8.48. The number of benzene rings is 2. The van der Waals surface area contributed by atoms with Crippen molar-refractivity contribution in [2.45, 2.75) is 32.1 Å². The third-order valence-electron chi connectivity index (χ3n) is 4.83. The lowest BCUT2D eigenvalue weighted by Crippen LogP contribution is -2.45. The van der Waals surface area contributed by atoms with Crippen LogP contribution in [0.15, 0.2) is 42.5 Å². The SMILES string of the molecule is Cc1ccc2c(c1)C[C@H](CNC(=O)c1ccc(C(F)(F)F)cc1)N(C)C2.